The Kier molecular flexibility index (Phi) is 5.06. The van der Waals surface area contributed by atoms with Crippen LogP contribution in [0.3, 0.4) is 0 Å². The molecular formula is C44H29BN2O. The predicted molar refractivity (Wildman–Crippen MR) is 202 cm³/mol. The van der Waals surface area contributed by atoms with Crippen molar-refractivity contribution in [3.63, 3.8) is 0 Å². The van der Waals surface area contributed by atoms with Crippen molar-refractivity contribution in [3.8, 4) is 28.1 Å². The number of para-hydroxylation sites is 1. The van der Waals surface area contributed by atoms with Crippen LogP contribution in [0, 0.1) is 13.8 Å². The lowest BCUT2D eigenvalue weighted by molar-refractivity contribution is 0.631. The van der Waals surface area contributed by atoms with E-state index in [1.807, 2.05) is 6.07 Å². The average molecular weight is 613 g/mol. The Morgan fingerprint density at radius 3 is 2.19 bits per heavy atom. The molecule has 4 heteroatoms. The fraction of sp³-hybridized carbons (Fsp3) is 0.0455. The molecule has 0 radical (unpaired) electrons. The molecule has 0 unspecified atom stereocenters. The molecule has 2 aliphatic heterocycles. The fourth-order valence-electron chi connectivity index (χ4n) is 8.59. The summed E-state index contributed by atoms with van der Waals surface area (Å²) in [5.41, 5.74) is 15.9. The first-order valence-electron chi connectivity index (χ1n) is 16.7. The number of rotatable bonds is 2. The number of furan rings is 1. The Labute approximate surface area is 278 Å². The van der Waals surface area contributed by atoms with E-state index in [9.17, 15) is 0 Å². The van der Waals surface area contributed by atoms with Crippen molar-refractivity contribution >= 4 is 72.7 Å². The van der Waals surface area contributed by atoms with Gasteiger partial charge in [-0.2, -0.15) is 0 Å². The van der Waals surface area contributed by atoms with Crippen molar-refractivity contribution in [2.45, 2.75) is 13.8 Å². The van der Waals surface area contributed by atoms with E-state index < -0.39 is 0 Å². The molecule has 224 valence electrons. The maximum atomic E-state index is 6.65. The smallest absolute Gasteiger partial charge is 0.333 e. The molecule has 7 aromatic carbocycles. The van der Waals surface area contributed by atoms with E-state index in [1.165, 1.54) is 82.8 Å². The van der Waals surface area contributed by atoms with Gasteiger partial charge in [-0.15, -0.1) is 0 Å². The first-order valence-corrected chi connectivity index (χ1v) is 16.7. The fourth-order valence-corrected chi connectivity index (χ4v) is 8.59. The molecule has 11 rings (SSSR count). The van der Waals surface area contributed by atoms with Crippen LogP contribution in [0.2, 0.25) is 0 Å². The van der Waals surface area contributed by atoms with Crippen molar-refractivity contribution in [3.05, 3.63) is 151 Å². The maximum absolute atomic E-state index is 6.65. The monoisotopic (exact) mass is 612 g/mol. The molecular weight excluding hydrogens is 583 g/mol. The molecule has 0 saturated carbocycles. The molecule has 0 saturated heterocycles. The standard InChI is InChI=1S/C44H29BN2O/c1-26-16-18-32(19-17-26)47-37-15-9-8-14-33(37)34-20-27(2)42-35-21-29-12-6-7-13-30(29)23-38(35)46-39-25-41-31(22-36(39)45(47)43(34)44(42)46)24-40(48-41)28-10-4-3-5-11-28/h3-25H,1-2H3. The topological polar surface area (TPSA) is 21.3 Å². The van der Waals surface area contributed by atoms with Gasteiger partial charge < -0.3 is 13.8 Å². The van der Waals surface area contributed by atoms with Gasteiger partial charge in [0.2, 0.25) is 0 Å². The molecule has 2 aromatic heterocycles. The molecule has 4 heterocycles. The minimum atomic E-state index is -0.0265. The van der Waals surface area contributed by atoms with Crippen molar-refractivity contribution in [2.75, 3.05) is 4.81 Å². The summed E-state index contributed by atoms with van der Waals surface area (Å²) in [4.78, 5) is 2.58. The summed E-state index contributed by atoms with van der Waals surface area (Å²) in [6, 6.07) is 51.3. The lowest BCUT2D eigenvalue weighted by atomic mass is 9.44. The van der Waals surface area contributed by atoms with Crippen molar-refractivity contribution in [2.24, 2.45) is 0 Å². The van der Waals surface area contributed by atoms with Gasteiger partial charge in [0.05, 0.1) is 11.0 Å². The highest BCUT2D eigenvalue weighted by Crippen LogP contribution is 2.46. The molecule has 0 spiro atoms. The van der Waals surface area contributed by atoms with Crippen molar-refractivity contribution in [1.29, 1.82) is 0 Å². The lowest BCUT2D eigenvalue weighted by Gasteiger charge is -2.42. The molecule has 2 aliphatic rings. The number of aryl methyl sites for hydroxylation is 2. The summed E-state index contributed by atoms with van der Waals surface area (Å²) in [5.74, 6) is 0.889. The predicted octanol–water partition coefficient (Wildman–Crippen LogP) is 10.2. The normalized spacial score (nSPS) is 13.1. The van der Waals surface area contributed by atoms with Crippen LogP contribution in [0.5, 0.6) is 0 Å². The molecule has 0 aliphatic carbocycles. The number of hydrogen-bond acceptors (Lipinski definition) is 2. The van der Waals surface area contributed by atoms with Crippen molar-refractivity contribution < 1.29 is 4.42 Å². The first-order chi connectivity index (χ1) is 23.6. The summed E-state index contributed by atoms with van der Waals surface area (Å²) in [6.45, 7) is 4.42. The second-order valence-electron chi connectivity index (χ2n) is 13.5. The van der Waals surface area contributed by atoms with Crippen LogP contribution in [-0.4, -0.2) is 11.4 Å². The van der Waals surface area contributed by atoms with E-state index in [2.05, 4.69) is 157 Å². The zero-order valence-corrected chi connectivity index (χ0v) is 26.7. The van der Waals surface area contributed by atoms with Gasteiger partial charge in [-0.1, -0.05) is 103 Å². The van der Waals surface area contributed by atoms with Crippen LogP contribution >= 0.6 is 0 Å². The van der Waals surface area contributed by atoms with E-state index in [0.717, 1.165) is 22.3 Å². The summed E-state index contributed by atoms with van der Waals surface area (Å²) in [6.07, 6.45) is 0. The highest BCUT2D eigenvalue weighted by molar-refractivity contribution is 6.93. The first kappa shape index (κ1) is 26.1. The van der Waals surface area contributed by atoms with E-state index in [1.54, 1.807) is 0 Å². The van der Waals surface area contributed by atoms with Gasteiger partial charge in [-0.05, 0) is 83.1 Å². The largest absolute Gasteiger partial charge is 0.456 e. The Hall–Kier alpha value is -6.00. The van der Waals surface area contributed by atoms with Gasteiger partial charge in [-0.3, -0.25) is 0 Å². The summed E-state index contributed by atoms with van der Waals surface area (Å²) >= 11 is 0. The highest BCUT2D eigenvalue weighted by Gasteiger charge is 2.44. The van der Waals surface area contributed by atoms with Gasteiger partial charge >= 0.3 is 6.85 Å². The van der Waals surface area contributed by atoms with Crippen molar-refractivity contribution in [1.82, 2.24) is 4.57 Å². The molecule has 0 fully saturated rings. The Morgan fingerprint density at radius 1 is 0.604 bits per heavy atom. The Balaban J connectivity index is 1.33. The second-order valence-corrected chi connectivity index (χ2v) is 13.5. The Bertz CT molecular complexity index is 2810. The van der Waals surface area contributed by atoms with Gasteiger partial charge in [-0.25, -0.2) is 0 Å². The summed E-state index contributed by atoms with van der Waals surface area (Å²) in [5, 5.41) is 6.25. The molecule has 0 amide bonds. The van der Waals surface area contributed by atoms with Crippen LogP contribution < -0.4 is 15.7 Å². The zero-order valence-electron chi connectivity index (χ0n) is 26.7. The number of fused-ring (bicyclic) bond motifs is 10. The molecule has 0 atom stereocenters. The number of benzene rings is 7. The number of nitrogens with zero attached hydrogens (tertiary/aromatic N) is 2. The average Bonchev–Trinajstić information content (AvgIpc) is 3.70. The van der Waals surface area contributed by atoms with Crippen LogP contribution in [0.15, 0.2) is 144 Å². The molecule has 0 N–H and O–H groups in total. The third-order valence-electron chi connectivity index (χ3n) is 10.7. The SMILES string of the molecule is Cc1ccc(N2B3c4cc5cc(-c6ccccc6)oc5cc4-n4c5cc6ccccc6cc5c5c(C)cc(c3c54)-c3ccccc32)cc1. The summed E-state index contributed by atoms with van der Waals surface area (Å²) < 4.78 is 9.19. The minimum absolute atomic E-state index is 0.0265. The van der Waals surface area contributed by atoms with Gasteiger partial charge in [0.25, 0.3) is 0 Å². The van der Waals surface area contributed by atoms with Crippen LogP contribution in [0.1, 0.15) is 11.1 Å². The van der Waals surface area contributed by atoms with Gasteiger partial charge in [0.15, 0.2) is 0 Å². The third kappa shape index (κ3) is 3.39. The third-order valence-corrected chi connectivity index (χ3v) is 10.7. The molecule has 9 aromatic rings. The van der Waals surface area contributed by atoms with E-state index >= 15 is 0 Å². The van der Waals surface area contributed by atoms with E-state index in [4.69, 9.17) is 4.42 Å². The quantitative estimate of drug-likeness (QED) is 0.181. The molecule has 0 bridgehead atoms. The zero-order chi connectivity index (χ0) is 31.7. The molecule has 48 heavy (non-hydrogen) atoms. The number of aromatic nitrogens is 1. The second kappa shape index (κ2) is 9.30. The van der Waals surface area contributed by atoms with Crippen LogP contribution in [0.4, 0.5) is 11.4 Å². The summed E-state index contributed by atoms with van der Waals surface area (Å²) in [7, 11) is 0. The van der Waals surface area contributed by atoms with Crippen LogP contribution in [0.25, 0.3) is 71.7 Å². The van der Waals surface area contributed by atoms with Crippen LogP contribution in [-0.2, 0) is 0 Å². The Morgan fingerprint density at radius 2 is 1.35 bits per heavy atom. The number of hydrogen-bond donors (Lipinski definition) is 0. The van der Waals surface area contributed by atoms with E-state index in [0.29, 0.717) is 0 Å². The number of anilines is 2. The lowest BCUT2D eigenvalue weighted by Crippen LogP contribution is -2.60. The van der Waals surface area contributed by atoms with Gasteiger partial charge in [0.1, 0.15) is 11.3 Å². The maximum Gasteiger partial charge on any atom is 0.333 e. The minimum Gasteiger partial charge on any atom is -0.456 e. The van der Waals surface area contributed by atoms with E-state index in [-0.39, 0.29) is 6.85 Å². The van der Waals surface area contributed by atoms with Gasteiger partial charge in [0, 0.05) is 50.4 Å². The highest BCUT2D eigenvalue weighted by atomic mass is 16.3. The molecule has 3 nitrogen and oxygen atoms in total.